The smallest absolute Gasteiger partial charge is 0.310 e. The Morgan fingerprint density at radius 3 is 2.62 bits per heavy atom. The van der Waals surface area contributed by atoms with Gasteiger partial charge in [-0.3, -0.25) is 9.78 Å². The second-order valence-electron chi connectivity index (χ2n) is 4.45. The number of carbonyl (C=O) groups excluding carboxylic acids is 1. The van der Waals surface area contributed by atoms with Crippen LogP contribution < -0.4 is 5.73 Å². The highest BCUT2D eigenvalue weighted by atomic mass is 79.9. The van der Waals surface area contributed by atoms with E-state index < -0.39 is 5.60 Å². The molecule has 16 heavy (non-hydrogen) atoms. The lowest BCUT2D eigenvalue weighted by Crippen LogP contribution is -2.25. The van der Waals surface area contributed by atoms with Gasteiger partial charge in [-0.1, -0.05) is 0 Å². The molecule has 5 heteroatoms. The maximum atomic E-state index is 11.6. The molecule has 0 saturated carbocycles. The number of esters is 1. The summed E-state index contributed by atoms with van der Waals surface area (Å²) in [6.45, 7) is 5.49. The molecule has 1 heterocycles. The molecule has 0 saturated heterocycles. The minimum absolute atomic E-state index is 0.145. The fraction of sp³-hybridized carbons (Fsp3) is 0.455. The monoisotopic (exact) mass is 286 g/mol. The molecule has 0 radical (unpaired) electrons. The van der Waals surface area contributed by atoms with E-state index in [-0.39, 0.29) is 12.4 Å². The van der Waals surface area contributed by atoms with E-state index in [4.69, 9.17) is 10.5 Å². The summed E-state index contributed by atoms with van der Waals surface area (Å²) in [5.41, 5.74) is 6.45. The zero-order valence-electron chi connectivity index (χ0n) is 9.58. The first-order chi connectivity index (χ1) is 7.29. The number of nitrogens with zero attached hydrogens (tertiary/aromatic N) is 1. The van der Waals surface area contributed by atoms with Crippen molar-refractivity contribution in [2.75, 3.05) is 5.73 Å². The number of rotatable bonds is 2. The van der Waals surface area contributed by atoms with Crippen molar-refractivity contribution in [2.24, 2.45) is 0 Å². The van der Waals surface area contributed by atoms with Crippen LogP contribution in [0, 0.1) is 0 Å². The summed E-state index contributed by atoms with van der Waals surface area (Å²) in [4.78, 5) is 15.5. The Labute approximate surface area is 103 Å². The number of aromatic nitrogens is 1. The average molecular weight is 287 g/mol. The van der Waals surface area contributed by atoms with Crippen LogP contribution in [0.5, 0.6) is 0 Å². The summed E-state index contributed by atoms with van der Waals surface area (Å²) in [5, 5.41) is 0. The third kappa shape index (κ3) is 3.81. The van der Waals surface area contributed by atoms with E-state index in [9.17, 15) is 4.79 Å². The van der Waals surface area contributed by atoms with Crippen LogP contribution in [-0.4, -0.2) is 16.6 Å². The number of nitrogens with two attached hydrogens (primary N) is 1. The van der Waals surface area contributed by atoms with E-state index in [2.05, 4.69) is 20.9 Å². The number of hydrogen-bond acceptors (Lipinski definition) is 4. The summed E-state index contributed by atoms with van der Waals surface area (Å²) in [5.74, 6) is -0.300. The van der Waals surface area contributed by atoms with Gasteiger partial charge in [-0.2, -0.15) is 0 Å². The Morgan fingerprint density at radius 2 is 2.12 bits per heavy atom. The fourth-order valence-electron chi connectivity index (χ4n) is 1.19. The topological polar surface area (TPSA) is 65.2 Å². The number of halogens is 1. The Bertz CT molecular complexity index is 379. The normalized spacial score (nSPS) is 11.2. The van der Waals surface area contributed by atoms with Crippen LogP contribution in [0.3, 0.4) is 0 Å². The lowest BCUT2D eigenvalue weighted by Gasteiger charge is -2.19. The number of nitrogen functional groups attached to an aromatic ring is 1. The van der Waals surface area contributed by atoms with E-state index in [1.54, 1.807) is 6.20 Å². The Balaban J connectivity index is 2.78. The molecule has 1 rings (SSSR count). The van der Waals surface area contributed by atoms with E-state index >= 15 is 0 Å². The van der Waals surface area contributed by atoms with Crippen molar-refractivity contribution >= 4 is 27.6 Å². The van der Waals surface area contributed by atoms with Crippen molar-refractivity contribution in [3.8, 4) is 0 Å². The van der Waals surface area contributed by atoms with Crippen LogP contribution in [0.4, 0.5) is 5.69 Å². The summed E-state index contributed by atoms with van der Waals surface area (Å²) >= 11 is 3.30. The summed E-state index contributed by atoms with van der Waals surface area (Å²) in [6, 6.07) is 0. The number of pyridine rings is 1. The molecule has 0 bridgehead atoms. The third-order valence-corrected chi connectivity index (χ3v) is 2.46. The Hall–Kier alpha value is -1.10. The molecule has 4 nitrogen and oxygen atoms in total. The molecule has 88 valence electrons. The number of hydrogen-bond donors (Lipinski definition) is 1. The standard InChI is InChI=1S/C11H15BrN2O2/c1-11(2,3)16-10(15)4-7-8(12)5-14-6-9(7)13/h5-6H,4,13H2,1-3H3. The largest absolute Gasteiger partial charge is 0.460 e. The van der Waals surface area contributed by atoms with Crippen molar-refractivity contribution in [3.63, 3.8) is 0 Å². The van der Waals surface area contributed by atoms with Gasteiger partial charge in [-0.25, -0.2) is 0 Å². The van der Waals surface area contributed by atoms with Crippen molar-refractivity contribution in [1.82, 2.24) is 4.98 Å². The second kappa shape index (κ2) is 4.82. The molecule has 2 N–H and O–H groups in total. The number of anilines is 1. The summed E-state index contributed by atoms with van der Waals surface area (Å²) in [7, 11) is 0. The van der Waals surface area contributed by atoms with E-state index in [1.807, 2.05) is 20.8 Å². The molecule has 0 aliphatic rings. The lowest BCUT2D eigenvalue weighted by molar-refractivity contribution is -0.153. The highest BCUT2D eigenvalue weighted by Gasteiger charge is 2.18. The molecule has 0 atom stereocenters. The summed E-state index contributed by atoms with van der Waals surface area (Å²) < 4.78 is 5.94. The van der Waals surface area contributed by atoms with Crippen LogP contribution in [-0.2, 0) is 16.0 Å². The molecule has 0 spiro atoms. The molecular weight excluding hydrogens is 272 g/mol. The third-order valence-electron chi connectivity index (χ3n) is 1.78. The van der Waals surface area contributed by atoms with Crippen molar-refractivity contribution < 1.29 is 9.53 Å². The molecule has 0 aliphatic heterocycles. The fourth-order valence-corrected chi connectivity index (χ4v) is 1.67. The quantitative estimate of drug-likeness (QED) is 0.848. The van der Waals surface area contributed by atoms with Gasteiger partial charge in [0.05, 0.1) is 18.3 Å². The van der Waals surface area contributed by atoms with Crippen LogP contribution in [0.15, 0.2) is 16.9 Å². The predicted molar refractivity (Wildman–Crippen MR) is 65.9 cm³/mol. The van der Waals surface area contributed by atoms with Crippen LogP contribution >= 0.6 is 15.9 Å². The minimum Gasteiger partial charge on any atom is -0.460 e. The van der Waals surface area contributed by atoms with Crippen molar-refractivity contribution in [2.45, 2.75) is 32.8 Å². The van der Waals surface area contributed by atoms with Gasteiger partial charge >= 0.3 is 5.97 Å². The molecule has 0 fully saturated rings. The highest BCUT2D eigenvalue weighted by Crippen LogP contribution is 2.22. The second-order valence-corrected chi connectivity index (χ2v) is 5.31. The van der Waals surface area contributed by atoms with Gasteiger partial charge in [0.15, 0.2) is 0 Å². The van der Waals surface area contributed by atoms with Gasteiger partial charge in [0, 0.05) is 16.2 Å². The molecule has 1 aromatic heterocycles. The van der Waals surface area contributed by atoms with E-state index in [0.29, 0.717) is 11.3 Å². The maximum absolute atomic E-state index is 11.6. The first kappa shape index (κ1) is 13.0. The van der Waals surface area contributed by atoms with Crippen molar-refractivity contribution in [3.05, 3.63) is 22.4 Å². The van der Waals surface area contributed by atoms with E-state index in [0.717, 1.165) is 4.47 Å². The van der Waals surface area contributed by atoms with Gasteiger partial charge in [0.1, 0.15) is 5.60 Å². The predicted octanol–water partition coefficient (Wildman–Crippen LogP) is 2.31. The van der Waals surface area contributed by atoms with Gasteiger partial charge in [-0.15, -0.1) is 0 Å². The average Bonchev–Trinajstić information content (AvgIpc) is 2.08. The highest BCUT2D eigenvalue weighted by molar-refractivity contribution is 9.10. The van der Waals surface area contributed by atoms with Crippen molar-refractivity contribution in [1.29, 1.82) is 0 Å². The SMILES string of the molecule is CC(C)(C)OC(=O)Cc1c(N)cncc1Br. The van der Waals surface area contributed by atoms with Gasteiger partial charge in [0.25, 0.3) is 0 Å². The van der Waals surface area contributed by atoms with Gasteiger partial charge < -0.3 is 10.5 Å². The Morgan fingerprint density at radius 1 is 1.50 bits per heavy atom. The van der Waals surface area contributed by atoms with Crippen LogP contribution in [0.25, 0.3) is 0 Å². The van der Waals surface area contributed by atoms with Crippen LogP contribution in [0.1, 0.15) is 26.3 Å². The molecule has 0 unspecified atom stereocenters. The zero-order chi connectivity index (χ0) is 12.3. The Kier molecular flexibility index (Phi) is 3.91. The molecule has 1 aromatic rings. The molecule has 0 aliphatic carbocycles. The molecular formula is C11H15BrN2O2. The number of ether oxygens (including phenoxy) is 1. The molecule has 0 amide bonds. The maximum Gasteiger partial charge on any atom is 0.310 e. The van der Waals surface area contributed by atoms with E-state index in [1.165, 1.54) is 6.20 Å². The lowest BCUT2D eigenvalue weighted by atomic mass is 10.1. The summed E-state index contributed by atoms with van der Waals surface area (Å²) in [6.07, 6.45) is 3.27. The first-order valence-electron chi connectivity index (χ1n) is 4.89. The molecule has 0 aromatic carbocycles. The van der Waals surface area contributed by atoms with Gasteiger partial charge in [-0.05, 0) is 36.7 Å². The number of carbonyl (C=O) groups is 1. The minimum atomic E-state index is -0.481. The van der Waals surface area contributed by atoms with Crippen LogP contribution in [0.2, 0.25) is 0 Å². The first-order valence-corrected chi connectivity index (χ1v) is 5.68. The zero-order valence-corrected chi connectivity index (χ0v) is 11.2. The van der Waals surface area contributed by atoms with Gasteiger partial charge in [0.2, 0.25) is 0 Å².